The number of rotatable bonds is 4. The van der Waals surface area contributed by atoms with Gasteiger partial charge in [-0.3, -0.25) is 4.79 Å². The molecule has 3 atom stereocenters. The highest BCUT2D eigenvalue weighted by molar-refractivity contribution is 5.92. The van der Waals surface area contributed by atoms with Crippen molar-refractivity contribution in [3.05, 3.63) is 59.7 Å². The van der Waals surface area contributed by atoms with Gasteiger partial charge in [0.05, 0.1) is 18.8 Å². The molecule has 2 aromatic carbocycles. The summed E-state index contributed by atoms with van der Waals surface area (Å²) in [5, 5.41) is 11.4. The molecule has 0 aromatic heterocycles. The Kier molecular flexibility index (Phi) is 5.55. The number of amides is 1. The van der Waals surface area contributed by atoms with Gasteiger partial charge in [0.25, 0.3) is 0 Å². The maximum atomic E-state index is 13.4. The molecule has 2 aromatic rings. The van der Waals surface area contributed by atoms with Gasteiger partial charge in [-0.25, -0.2) is 0 Å². The monoisotopic (exact) mass is 435 g/mol. The number of hydrogen-bond acceptors (Lipinski definition) is 5. The Balaban J connectivity index is 1.43. The fourth-order valence-corrected chi connectivity index (χ4v) is 5.42. The van der Waals surface area contributed by atoms with Crippen LogP contribution < -0.4 is 14.2 Å². The highest BCUT2D eigenvalue weighted by Gasteiger charge is 2.49. The lowest BCUT2D eigenvalue weighted by Crippen LogP contribution is -2.56. The third-order valence-electron chi connectivity index (χ3n) is 7.12. The van der Waals surface area contributed by atoms with E-state index in [0.29, 0.717) is 18.7 Å². The number of nitrogens with zero attached hydrogens (tertiary/aromatic N) is 1. The Hall–Kier alpha value is -2.99. The third kappa shape index (κ3) is 3.84. The van der Waals surface area contributed by atoms with E-state index in [1.807, 2.05) is 53.4 Å². The topological polar surface area (TPSA) is 68.2 Å². The third-order valence-corrected chi connectivity index (χ3v) is 7.12. The minimum Gasteiger partial charge on any atom is -0.497 e. The summed E-state index contributed by atoms with van der Waals surface area (Å²) < 4.78 is 16.1. The smallest absolute Gasteiger partial charge is 0.247 e. The Morgan fingerprint density at radius 3 is 2.75 bits per heavy atom. The molecule has 168 valence electrons. The summed E-state index contributed by atoms with van der Waals surface area (Å²) in [7, 11) is 1.65. The van der Waals surface area contributed by atoms with Crippen LogP contribution in [0.2, 0.25) is 0 Å². The minimum absolute atomic E-state index is 0.0290. The van der Waals surface area contributed by atoms with Crippen molar-refractivity contribution < 1.29 is 24.1 Å². The van der Waals surface area contributed by atoms with Gasteiger partial charge < -0.3 is 24.2 Å². The van der Waals surface area contributed by atoms with E-state index in [2.05, 4.69) is 0 Å². The van der Waals surface area contributed by atoms with Gasteiger partial charge in [0.15, 0.2) is 11.5 Å². The van der Waals surface area contributed by atoms with Gasteiger partial charge in [-0.05, 0) is 60.7 Å². The van der Waals surface area contributed by atoms with Gasteiger partial charge in [0.1, 0.15) is 5.75 Å². The predicted molar refractivity (Wildman–Crippen MR) is 121 cm³/mol. The average molecular weight is 436 g/mol. The number of piperidine rings is 1. The zero-order chi connectivity index (χ0) is 22.1. The van der Waals surface area contributed by atoms with Crippen molar-refractivity contribution in [3.63, 3.8) is 0 Å². The van der Waals surface area contributed by atoms with Gasteiger partial charge in [-0.15, -0.1) is 0 Å². The number of hydrogen-bond donors (Lipinski definition) is 1. The second-order valence-electron chi connectivity index (χ2n) is 8.90. The zero-order valence-corrected chi connectivity index (χ0v) is 18.3. The molecule has 0 radical (unpaired) electrons. The Bertz CT molecular complexity index is 1020. The standard InChI is InChI=1S/C26H29NO5/c1-30-20-9-7-19(8-10-20)25-21-4-2-3-13-26(21,29)14-15-27(25)24(28)12-6-18-5-11-22-23(16-18)32-17-31-22/h5-12,16,21,25,29H,2-4,13-15,17H2,1H3/b12-6+/t21-,25+,26+/m1/s1. The molecule has 1 N–H and O–H groups in total. The number of methoxy groups -OCH3 is 1. The summed E-state index contributed by atoms with van der Waals surface area (Å²) in [4.78, 5) is 15.3. The SMILES string of the molecule is COc1ccc([C@H]2[C@H]3CCCC[C@]3(O)CCN2C(=O)/C=C/c2ccc3c(c2)OCO3)cc1. The van der Waals surface area contributed by atoms with Crippen LogP contribution in [0.1, 0.15) is 49.3 Å². The summed E-state index contributed by atoms with van der Waals surface area (Å²) >= 11 is 0. The van der Waals surface area contributed by atoms with E-state index in [1.54, 1.807) is 13.2 Å². The highest BCUT2D eigenvalue weighted by Crippen LogP contribution is 2.49. The number of fused-ring (bicyclic) bond motifs is 2. The molecule has 0 unspecified atom stereocenters. The second kappa shape index (κ2) is 8.51. The Morgan fingerprint density at radius 2 is 1.94 bits per heavy atom. The number of carbonyl (C=O) groups is 1. The van der Waals surface area contributed by atoms with E-state index in [1.165, 1.54) is 0 Å². The first kappa shape index (κ1) is 20.9. The molecule has 6 heteroatoms. The van der Waals surface area contributed by atoms with Crippen molar-refractivity contribution >= 4 is 12.0 Å². The molecule has 2 fully saturated rings. The number of carbonyl (C=O) groups excluding carboxylic acids is 1. The molecule has 2 heterocycles. The average Bonchev–Trinajstić information content (AvgIpc) is 3.29. The zero-order valence-electron chi connectivity index (χ0n) is 18.3. The number of likely N-dealkylation sites (tertiary alicyclic amines) is 1. The predicted octanol–water partition coefficient (Wildman–Crippen LogP) is 4.33. The first-order valence-corrected chi connectivity index (χ1v) is 11.3. The summed E-state index contributed by atoms with van der Waals surface area (Å²) in [5.41, 5.74) is 1.22. The maximum absolute atomic E-state index is 13.4. The van der Waals surface area contributed by atoms with Crippen LogP contribution in [0.4, 0.5) is 0 Å². The molecule has 3 aliphatic rings. The van der Waals surface area contributed by atoms with E-state index in [9.17, 15) is 9.90 Å². The van der Waals surface area contributed by atoms with Crippen LogP contribution in [0.25, 0.3) is 6.08 Å². The summed E-state index contributed by atoms with van der Waals surface area (Å²) in [5.74, 6) is 2.18. The molecule has 32 heavy (non-hydrogen) atoms. The number of ether oxygens (including phenoxy) is 3. The molecule has 0 spiro atoms. The molecule has 5 rings (SSSR count). The van der Waals surface area contributed by atoms with Crippen LogP contribution in [-0.2, 0) is 4.79 Å². The van der Waals surface area contributed by atoms with Crippen LogP contribution in [0.15, 0.2) is 48.5 Å². The maximum Gasteiger partial charge on any atom is 0.247 e. The summed E-state index contributed by atoms with van der Waals surface area (Å²) in [6.45, 7) is 0.761. The van der Waals surface area contributed by atoms with Crippen molar-refractivity contribution in [2.45, 2.75) is 43.7 Å². The Morgan fingerprint density at radius 1 is 1.12 bits per heavy atom. The molecule has 1 saturated heterocycles. The Labute approximate surface area is 188 Å². The molecule has 0 bridgehead atoms. The molecule has 1 amide bonds. The van der Waals surface area contributed by atoms with Gasteiger partial charge in [-0.2, -0.15) is 0 Å². The number of aliphatic hydroxyl groups is 1. The normalized spacial score (nSPS) is 26.8. The van der Waals surface area contributed by atoms with Crippen LogP contribution in [0.3, 0.4) is 0 Å². The quantitative estimate of drug-likeness (QED) is 0.724. The summed E-state index contributed by atoms with van der Waals surface area (Å²) in [6.07, 6.45) is 7.91. The lowest BCUT2D eigenvalue weighted by Gasteiger charge is -2.52. The minimum atomic E-state index is -0.708. The molecule has 2 aliphatic heterocycles. The van der Waals surface area contributed by atoms with Crippen LogP contribution in [0, 0.1) is 5.92 Å². The van der Waals surface area contributed by atoms with Crippen molar-refractivity contribution in [1.82, 2.24) is 4.90 Å². The van der Waals surface area contributed by atoms with Gasteiger partial charge in [0, 0.05) is 18.5 Å². The first-order chi connectivity index (χ1) is 15.6. The lowest BCUT2D eigenvalue weighted by atomic mass is 9.66. The van der Waals surface area contributed by atoms with Crippen molar-refractivity contribution in [2.24, 2.45) is 5.92 Å². The molecular weight excluding hydrogens is 406 g/mol. The lowest BCUT2D eigenvalue weighted by molar-refractivity contribution is -0.150. The molecular formula is C26H29NO5. The van der Waals surface area contributed by atoms with Crippen LogP contribution in [0.5, 0.6) is 17.2 Å². The van der Waals surface area contributed by atoms with Gasteiger partial charge in [-0.1, -0.05) is 31.0 Å². The van der Waals surface area contributed by atoms with Crippen molar-refractivity contribution in [3.8, 4) is 17.2 Å². The van der Waals surface area contributed by atoms with Gasteiger partial charge in [0.2, 0.25) is 12.7 Å². The van der Waals surface area contributed by atoms with E-state index >= 15 is 0 Å². The fraction of sp³-hybridized carbons (Fsp3) is 0.423. The fourth-order valence-electron chi connectivity index (χ4n) is 5.42. The summed E-state index contributed by atoms with van der Waals surface area (Å²) in [6, 6.07) is 13.4. The van der Waals surface area contributed by atoms with Crippen LogP contribution >= 0.6 is 0 Å². The largest absolute Gasteiger partial charge is 0.497 e. The van der Waals surface area contributed by atoms with E-state index in [-0.39, 0.29) is 24.7 Å². The van der Waals surface area contributed by atoms with E-state index in [4.69, 9.17) is 14.2 Å². The van der Waals surface area contributed by atoms with Gasteiger partial charge >= 0.3 is 0 Å². The van der Waals surface area contributed by atoms with E-state index < -0.39 is 5.60 Å². The van der Waals surface area contributed by atoms with Crippen molar-refractivity contribution in [1.29, 1.82) is 0 Å². The molecule has 1 saturated carbocycles. The first-order valence-electron chi connectivity index (χ1n) is 11.3. The molecule has 6 nitrogen and oxygen atoms in total. The van der Waals surface area contributed by atoms with E-state index in [0.717, 1.165) is 48.3 Å². The second-order valence-corrected chi connectivity index (χ2v) is 8.90. The number of benzene rings is 2. The van der Waals surface area contributed by atoms with Crippen LogP contribution in [-0.4, -0.2) is 42.0 Å². The van der Waals surface area contributed by atoms with Crippen molar-refractivity contribution in [2.75, 3.05) is 20.4 Å². The molecule has 1 aliphatic carbocycles. The highest BCUT2D eigenvalue weighted by atomic mass is 16.7.